The van der Waals surface area contributed by atoms with Crippen LogP contribution in [0.15, 0.2) is 80.3 Å². The Morgan fingerprint density at radius 3 is 2.59 bits per heavy atom. The van der Waals surface area contributed by atoms with E-state index >= 15 is 0 Å². The lowest BCUT2D eigenvalue weighted by atomic mass is 9.69. The van der Waals surface area contributed by atoms with E-state index in [1.165, 1.54) is 42.7 Å². The summed E-state index contributed by atoms with van der Waals surface area (Å²) >= 11 is 8.12. The second kappa shape index (κ2) is 14.6. The summed E-state index contributed by atoms with van der Waals surface area (Å²) in [4.78, 5) is 59.0. The summed E-state index contributed by atoms with van der Waals surface area (Å²) < 4.78 is 23.9. The van der Waals surface area contributed by atoms with Crippen LogP contribution in [0.25, 0.3) is 0 Å². The molecule has 0 fully saturated rings. The number of methoxy groups -OCH3 is 2. The van der Waals surface area contributed by atoms with Crippen molar-refractivity contribution in [1.29, 1.82) is 0 Å². The van der Waals surface area contributed by atoms with E-state index in [-0.39, 0.29) is 77.2 Å². The summed E-state index contributed by atoms with van der Waals surface area (Å²) in [5.74, 6) is -2.89. The number of amides is 1. The number of nitrogens with zero attached hydrogens (tertiary/aromatic N) is 3. The van der Waals surface area contributed by atoms with Crippen molar-refractivity contribution in [2.45, 2.75) is 49.1 Å². The van der Waals surface area contributed by atoms with Gasteiger partial charge in [0.2, 0.25) is 23.2 Å². The molecule has 266 valence electrons. The van der Waals surface area contributed by atoms with Gasteiger partial charge in [0.25, 0.3) is 5.56 Å². The molecule has 2 aromatic heterocycles. The van der Waals surface area contributed by atoms with Crippen LogP contribution in [0.2, 0.25) is 5.02 Å². The largest absolute Gasteiger partial charge is 0.507 e. The second-order valence-corrected chi connectivity index (χ2v) is 13.4. The van der Waals surface area contributed by atoms with Crippen molar-refractivity contribution in [1.82, 2.24) is 20.0 Å². The number of pyridine rings is 1. The van der Waals surface area contributed by atoms with Crippen molar-refractivity contribution in [2.75, 3.05) is 27.0 Å². The Kier molecular flexibility index (Phi) is 10.3. The molecule has 1 aliphatic carbocycles. The summed E-state index contributed by atoms with van der Waals surface area (Å²) in [6.07, 6.45) is 3.38. The molecule has 3 unspecified atom stereocenters. The van der Waals surface area contributed by atoms with Crippen LogP contribution in [0.4, 0.5) is 0 Å². The minimum Gasteiger partial charge on any atom is -0.507 e. The maximum absolute atomic E-state index is 14.3. The highest BCUT2D eigenvalue weighted by atomic mass is 35.5. The summed E-state index contributed by atoms with van der Waals surface area (Å²) in [5.41, 5.74) is -1.69. The first-order valence-electron chi connectivity index (χ1n) is 16.0. The topological polar surface area (TPSA) is 172 Å². The lowest BCUT2D eigenvalue weighted by Crippen LogP contribution is -2.53. The minimum atomic E-state index is -2.00. The fraction of sp³-hybridized carbons (Fsp3) is 0.333. The monoisotopic (exact) mass is 734 g/mol. The molecule has 2 N–H and O–H groups in total. The third-order valence-electron chi connectivity index (χ3n) is 9.15. The number of allylic oxidation sites excluding steroid dienone is 1. The standard InChI is InChI=1S/C36H35ClN4O9S/c1-19-15-23(42)30(34(45)36(19)35(46)31-24(47-2)17-25(48-3)32(37)33(31)49-36)22(20-8-10-21(51-4)11-9-20)16-27(43)38-13-12-26-39-28(50-40-26)18-41-14-6-5-7-29(41)44/h5-11,14,17,19,22,45H,12-13,15-16,18H2,1-4H3,(H,38,43). The van der Waals surface area contributed by atoms with Gasteiger partial charge in [0, 0.05) is 66.4 Å². The molecular weight excluding hydrogens is 700 g/mol. The average Bonchev–Trinajstić information content (AvgIpc) is 3.70. The Morgan fingerprint density at radius 1 is 1.16 bits per heavy atom. The van der Waals surface area contributed by atoms with E-state index in [4.69, 9.17) is 30.3 Å². The van der Waals surface area contributed by atoms with Crippen LogP contribution in [0.3, 0.4) is 0 Å². The fourth-order valence-electron chi connectivity index (χ4n) is 6.53. The molecular formula is C36H35ClN4O9S. The van der Waals surface area contributed by atoms with E-state index in [0.29, 0.717) is 11.4 Å². The number of aromatic nitrogens is 3. The van der Waals surface area contributed by atoms with Crippen molar-refractivity contribution < 1.29 is 38.2 Å². The number of hydrogen-bond donors (Lipinski definition) is 2. The Hall–Kier alpha value is -5.08. The Bertz CT molecular complexity index is 2090. The van der Waals surface area contributed by atoms with Gasteiger partial charge in [-0.3, -0.25) is 19.2 Å². The maximum atomic E-state index is 14.3. The lowest BCUT2D eigenvalue weighted by Gasteiger charge is -2.38. The zero-order valence-electron chi connectivity index (χ0n) is 28.2. The molecule has 1 amide bonds. The number of aliphatic hydroxyl groups is 1. The predicted molar refractivity (Wildman–Crippen MR) is 187 cm³/mol. The van der Waals surface area contributed by atoms with Gasteiger partial charge in [-0.25, -0.2) is 0 Å². The first kappa shape index (κ1) is 35.7. The van der Waals surface area contributed by atoms with Gasteiger partial charge in [-0.1, -0.05) is 41.9 Å². The molecule has 15 heteroatoms. The first-order chi connectivity index (χ1) is 24.5. The molecule has 0 radical (unpaired) electrons. The number of thioether (sulfide) groups is 1. The number of ether oxygens (including phenoxy) is 3. The molecule has 13 nitrogen and oxygen atoms in total. The smallest absolute Gasteiger partial charge is 0.250 e. The number of ketones is 2. The normalized spacial score (nSPS) is 18.8. The zero-order chi connectivity index (χ0) is 36.4. The van der Waals surface area contributed by atoms with E-state index in [1.807, 2.05) is 18.4 Å². The van der Waals surface area contributed by atoms with Crippen molar-refractivity contribution in [3.8, 4) is 17.2 Å². The number of carbonyl (C=O) groups is 3. The highest BCUT2D eigenvalue weighted by Gasteiger charge is 2.61. The van der Waals surface area contributed by atoms with Crippen LogP contribution < -0.4 is 25.1 Å². The van der Waals surface area contributed by atoms with Gasteiger partial charge in [0.05, 0.1) is 14.2 Å². The Morgan fingerprint density at radius 2 is 1.90 bits per heavy atom. The molecule has 2 aliphatic rings. The molecule has 51 heavy (non-hydrogen) atoms. The third-order valence-corrected chi connectivity index (χ3v) is 10.3. The molecule has 0 saturated carbocycles. The average molecular weight is 735 g/mol. The quantitative estimate of drug-likeness (QED) is 0.188. The number of carbonyl (C=O) groups excluding carboxylic acids is 3. The van der Waals surface area contributed by atoms with Crippen LogP contribution in [-0.4, -0.2) is 69.9 Å². The summed E-state index contributed by atoms with van der Waals surface area (Å²) in [6, 6.07) is 13.5. The van der Waals surface area contributed by atoms with Gasteiger partial charge in [-0.05, 0) is 30.0 Å². The first-order valence-corrected chi connectivity index (χ1v) is 17.6. The van der Waals surface area contributed by atoms with Gasteiger partial charge < -0.3 is 33.7 Å². The number of aliphatic hydroxyl groups excluding tert-OH is 1. The van der Waals surface area contributed by atoms with E-state index in [2.05, 4.69) is 15.5 Å². The number of nitrogens with one attached hydrogen (secondary N) is 1. The van der Waals surface area contributed by atoms with Gasteiger partial charge in [0.15, 0.2) is 23.1 Å². The van der Waals surface area contributed by atoms with Crippen LogP contribution in [0.5, 0.6) is 17.2 Å². The molecule has 3 atom stereocenters. The van der Waals surface area contributed by atoms with Gasteiger partial charge >= 0.3 is 0 Å². The van der Waals surface area contributed by atoms with Crippen LogP contribution >= 0.6 is 23.4 Å². The number of hydrogen-bond acceptors (Lipinski definition) is 12. The highest BCUT2D eigenvalue weighted by Crippen LogP contribution is 2.55. The Labute approximate surface area is 301 Å². The van der Waals surface area contributed by atoms with Crippen molar-refractivity contribution in [3.05, 3.63) is 104 Å². The van der Waals surface area contributed by atoms with Crippen molar-refractivity contribution in [3.63, 3.8) is 0 Å². The molecule has 2 aromatic carbocycles. The molecule has 1 spiro atoms. The van der Waals surface area contributed by atoms with Crippen LogP contribution in [0, 0.1) is 5.92 Å². The van der Waals surface area contributed by atoms with E-state index in [1.54, 1.807) is 37.4 Å². The molecule has 0 saturated heterocycles. The van der Waals surface area contributed by atoms with Gasteiger partial charge in [-0.2, -0.15) is 4.98 Å². The lowest BCUT2D eigenvalue weighted by molar-refractivity contribution is -0.121. The van der Waals surface area contributed by atoms with Gasteiger partial charge in [-0.15, -0.1) is 11.8 Å². The third kappa shape index (κ3) is 6.61. The number of Topliss-reactive ketones (excluding diaryl/α,β-unsaturated/α-hetero) is 2. The number of benzene rings is 2. The fourth-order valence-corrected chi connectivity index (χ4v) is 7.20. The highest BCUT2D eigenvalue weighted by molar-refractivity contribution is 7.98. The molecule has 4 aromatic rings. The van der Waals surface area contributed by atoms with Crippen LogP contribution in [0.1, 0.15) is 53.3 Å². The van der Waals surface area contributed by atoms with Crippen LogP contribution in [-0.2, 0) is 22.6 Å². The summed E-state index contributed by atoms with van der Waals surface area (Å²) in [6.45, 7) is 1.88. The number of fused-ring (bicyclic) bond motifs is 1. The minimum absolute atomic E-state index is 0.0169. The van der Waals surface area contributed by atoms with Crippen molar-refractivity contribution >= 4 is 40.8 Å². The summed E-state index contributed by atoms with van der Waals surface area (Å²) in [7, 11) is 2.79. The number of halogens is 1. The SMILES string of the molecule is COc1cc(OC)c2c(c1Cl)OC1(C2=O)C(O)=C(C(CC(=O)NCCc2noc(Cn3ccccc3=O)n2)c2ccc(SC)cc2)C(=O)CC1C. The maximum Gasteiger partial charge on any atom is 0.250 e. The van der Waals surface area contributed by atoms with E-state index in [9.17, 15) is 24.3 Å². The molecule has 3 heterocycles. The van der Waals surface area contributed by atoms with E-state index < -0.39 is 40.7 Å². The number of rotatable bonds is 12. The zero-order valence-corrected chi connectivity index (χ0v) is 29.8. The molecule has 1 aliphatic heterocycles. The van der Waals surface area contributed by atoms with E-state index in [0.717, 1.165) is 4.90 Å². The second-order valence-electron chi connectivity index (χ2n) is 12.2. The molecule has 0 bridgehead atoms. The molecule has 6 rings (SSSR count). The predicted octanol–water partition coefficient (Wildman–Crippen LogP) is 4.94. The van der Waals surface area contributed by atoms with Gasteiger partial charge in [0.1, 0.15) is 28.6 Å². The van der Waals surface area contributed by atoms with Crippen molar-refractivity contribution in [2.24, 2.45) is 5.92 Å². The summed E-state index contributed by atoms with van der Waals surface area (Å²) in [5, 5.41) is 18.9. The Balaban J connectivity index is 1.28.